The Morgan fingerprint density at radius 3 is 2.00 bits per heavy atom. The van der Waals surface area contributed by atoms with Crippen molar-refractivity contribution in [2.45, 2.75) is 11.8 Å². The van der Waals surface area contributed by atoms with Crippen LogP contribution in [0.25, 0.3) is 0 Å². The third-order valence-electron chi connectivity index (χ3n) is 2.05. The standard InChI is InChI=1S/C7H15NO7P2/c1-3-6(9)8(2)5-4-7(16(10,11)12)17(13,14)15/h3,7H,1,4-5H2,2H3,(H2,10,11,12)(H2,13,14,15). The number of carbonyl (C=O) groups is 1. The highest BCUT2D eigenvalue weighted by atomic mass is 31.2. The SMILES string of the molecule is C=CC(=O)N(C)CCC(P(=O)(O)O)P(=O)(O)O. The molecule has 17 heavy (non-hydrogen) atoms. The van der Waals surface area contributed by atoms with Gasteiger partial charge in [0.25, 0.3) is 0 Å². The number of rotatable bonds is 6. The van der Waals surface area contributed by atoms with E-state index in [1.807, 2.05) is 0 Å². The van der Waals surface area contributed by atoms with E-state index >= 15 is 0 Å². The van der Waals surface area contributed by atoms with Crippen molar-refractivity contribution in [3.63, 3.8) is 0 Å². The van der Waals surface area contributed by atoms with Crippen molar-refractivity contribution >= 4 is 21.1 Å². The lowest BCUT2D eigenvalue weighted by Gasteiger charge is -2.22. The van der Waals surface area contributed by atoms with Crippen molar-refractivity contribution in [2.24, 2.45) is 0 Å². The number of amides is 1. The predicted octanol–water partition coefficient (Wildman–Crippen LogP) is -0.298. The molecule has 0 aliphatic heterocycles. The topological polar surface area (TPSA) is 135 Å². The van der Waals surface area contributed by atoms with Gasteiger partial charge in [0.05, 0.1) is 0 Å². The van der Waals surface area contributed by atoms with Gasteiger partial charge in [-0.05, 0) is 12.5 Å². The second kappa shape index (κ2) is 5.91. The Morgan fingerprint density at radius 1 is 1.29 bits per heavy atom. The first-order chi connectivity index (χ1) is 7.50. The van der Waals surface area contributed by atoms with Gasteiger partial charge in [0.15, 0.2) is 5.40 Å². The highest BCUT2D eigenvalue weighted by Gasteiger charge is 2.42. The van der Waals surface area contributed by atoms with Crippen molar-refractivity contribution in [3.05, 3.63) is 12.7 Å². The quantitative estimate of drug-likeness (QED) is 0.389. The molecule has 0 aromatic carbocycles. The van der Waals surface area contributed by atoms with E-state index in [2.05, 4.69) is 6.58 Å². The number of hydrogen-bond acceptors (Lipinski definition) is 3. The Balaban J connectivity index is 4.71. The number of carbonyl (C=O) groups excluding carboxylic acids is 1. The van der Waals surface area contributed by atoms with Crippen molar-refractivity contribution in [1.29, 1.82) is 0 Å². The van der Waals surface area contributed by atoms with Crippen LogP contribution in [0.2, 0.25) is 0 Å². The number of likely N-dealkylation sites (N-methyl/N-ethyl adjacent to an activating group) is 1. The minimum absolute atomic E-state index is 0.189. The molecular weight excluding hydrogens is 272 g/mol. The van der Waals surface area contributed by atoms with E-state index in [-0.39, 0.29) is 6.54 Å². The van der Waals surface area contributed by atoms with Gasteiger partial charge in [-0.1, -0.05) is 6.58 Å². The van der Waals surface area contributed by atoms with Crippen molar-refractivity contribution < 1.29 is 33.5 Å². The van der Waals surface area contributed by atoms with E-state index in [1.165, 1.54) is 7.05 Å². The zero-order valence-corrected chi connectivity index (χ0v) is 10.9. The molecule has 0 rings (SSSR count). The van der Waals surface area contributed by atoms with Crippen LogP contribution in [0.4, 0.5) is 0 Å². The van der Waals surface area contributed by atoms with Gasteiger partial charge in [-0.2, -0.15) is 0 Å². The van der Waals surface area contributed by atoms with E-state index in [1.54, 1.807) is 0 Å². The second-order valence-corrected chi connectivity index (χ2v) is 7.42. The smallest absolute Gasteiger partial charge is 0.340 e. The van der Waals surface area contributed by atoms with Crippen molar-refractivity contribution in [1.82, 2.24) is 4.90 Å². The van der Waals surface area contributed by atoms with Crippen LogP contribution in [-0.4, -0.2) is 49.4 Å². The summed E-state index contributed by atoms with van der Waals surface area (Å²) in [6.45, 7) is 3.02. The van der Waals surface area contributed by atoms with Gasteiger partial charge < -0.3 is 24.5 Å². The fraction of sp³-hybridized carbons (Fsp3) is 0.571. The Bertz CT molecular complexity index is 362. The molecule has 8 nitrogen and oxygen atoms in total. The molecule has 0 aliphatic rings. The molecular formula is C7H15NO7P2. The first-order valence-corrected chi connectivity index (χ1v) is 7.84. The molecule has 0 saturated heterocycles. The van der Waals surface area contributed by atoms with Crippen LogP contribution in [0, 0.1) is 0 Å². The maximum absolute atomic E-state index is 11.0. The zero-order valence-electron chi connectivity index (χ0n) is 9.13. The summed E-state index contributed by atoms with van der Waals surface area (Å²) in [4.78, 5) is 47.4. The Morgan fingerprint density at radius 2 is 1.71 bits per heavy atom. The highest BCUT2D eigenvalue weighted by molar-refractivity contribution is 7.70. The number of nitrogens with zero attached hydrogens (tertiary/aromatic N) is 1. The van der Waals surface area contributed by atoms with Crippen LogP contribution >= 0.6 is 15.2 Å². The molecule has 10 heteroatoms. The minimum atomic E-state index is -4.92. The monoisotopic (exact) mass is 287 g/mol. The molecule has 0 heterocycles. The molecule has 100 valence electrons. The average molecular weight is 287 g/mol. The van der Waals surface area contributed by atoms with Crippen LogP contribution in [0.5, 0.6) is 0 Å². The summed E-state index contributed by atoms with van der Waals surface area (Å²) in [6.07, 6.45) is 0.495. The number of hydrogen-bond donors (Lipinski definition) is 4. The van der Waals surface area contributed by atoms with E-state index in [4.69, 9.17) is 19.6 Å². The lowest BCUT2D eigenvalue weighted by molar-refractivity contribution is -0.124. The molecule has 0 aliphatic carbocycles. The lowest BCUT2D eigenvalue weighted by Crippen LogP contribution is -2.28. The maximum Gasteiger partial charge on any atom is 0.340 e. The molecule has 0 aromatic heterocycles. The Hall–Kier alpha value is -0.490. The van der Waals surface area contributed by atoms with E-state index in [9.17, 15) is 13.9 Å². The van der Waals surface area contributed by atoms with Gasteiger partial charge >= 0.3 is 15.2 Å². The third-order valence-corrected chi connectivity index (χ3v) is 5.92. The molecule has 0 bridgehead atoms. The van der Waals surface area contributed by atoms with E-state index in [0.29, 0.717) is 0 Å². The summed E-state index contributed by atoms with van der Waals surface area (Å²) in [5, 5.41) is -2.09. The summed E-state index contributed by atoms with van der Waals surface area (Å²) in [7, 11) is -8.50. The van der Waals surface area contributed by atoms with Crippen LogP contribution in [0.3, 0.4) is 0 Å². The molecule has 0 spiro atoms. The fourth-order valence-corrected chi connectivity index (χ4v) is 3.58. The van der Waals surface area contributed by atoms with Crippen LogP contribution in [0.1, 0.15) is 6.42 Å². The molecule has 0 aromatic rings. The zero-order chi connectivity index (χ0) is 13.9. The first kappa shape index (κ1) is 16.5. The van der Waals surface area contributed by atoms with Crippen LogP contribution in [-0.2, 0) is 13.9 Å². The highest BCUT2D eigenvalue weighted by Crippen LogP contribution is 2.61. The molecule has 0 unspecified atom stereocenters. The first-order valence-electron chi connectivity index (χ1n) is 4.48. The van der Waals surface area contributed by atoms with Gasteiger partial charge in [0, 0.05) is 13.6 Å². The van der Waals surface area contributed by atoms with Gasteiger partial charge in [-0.25, -0.2) is 0 Å². The van der Waals surface area contributed by atoms with Crippen molar-refractivity contribution in [3.8, 4) is 0 Å². The van der Waals surface area contributed by atoms with Crippen molar-refractivity contribution in [2.75, 3.05) is 13.6 Å². The van der Waals surface area contributed by atoms with E-state index < -0.39 is 32.9 Å². The summed E-state index contributed by atoms with van der Waals surface area (Å²) < 4.78 is 21.8. The van der Waals surface area contributed by atoms with Crippen LogP contribution < -0.4 is 0 Å². The van der Waals surface area contributed by atoms with Gasteiger partial charge in [-0.15, -0.1) is 0 Å². The van der Waals surface area contributed by atoms with Gasteiger partial charge in [0.2, 0.25) is 5.91 Å². The summed E-state index contributed by atoms with van der Waals surface area (Å²) in [5.74, 6) is -0.500. The normalized spacial score (nSPS) is 12.6. The molecule has 1 amide bonds. The molecule has 0 atom stereocenters. The second-order valence-electron chi connectivity index (χ2n) is 3.41. The maximum atomic E-state index is 11.0. The average Bonchev–Trinajstić information content (AvgIpc) is 2.12. The lowest BCUT2D eigenvalue weighted by atomic mass is 10.4. The largest absolute Gasteiger partial charge is 0.342 e. The summed E-state index contributed by atoms with van der Waals surface area (Å²) >= 11 is 0. The molecule has 4 N–H and O–H groups in total. The molecule has 0 radical (unpaired) electrons. The summed E-state index contributed by atoms with van der Waals surface area (Å²) in [5.41, 5.74) is 0. The minimum Gasteiger partial charge on any atom is -0.342 e. The predicted molar refractivity (Wildman–Crippen MR) is 60.3 cm³/mol. The third kappa shape index (κ3) is 5.59. The van der Waals surface area contributed by atoms with Gasteiger partial charge in [-0.3, -0.25) is 13.9 Å². The molecule has 0 fully saturated rings. The fourth-order valence-electron chi connectivity index (χ4n) is 1.11. The Labute approximate surface area is 98.3 Å². The Kier molecular flexibility index (Phi) is 5.74. The molecule has 0 saturated carbocycles. The summed E-state index contributed by atoms with van der Waals surface area (Å²) in [6, 6.07) is 0. The van der Waals surface area contributed by atoms with Crippen LogP contribution in [0.15, 0.2) is 12.7 Å². The van der Waals surface area contributed by atoms with Gasteiger partial charge in [0.1, 0.15) is 0 Å². The van der Waals surface area contributed by atoms with E-state index in [0.717, 1.165) is 11.0 Å².